The number of methoxy groups -OCH3 is 1. The molecule has 0 spiro atoms. The second-order valence-corrected chi connectivity index (χ2v) is 4.88. The first-order valence-electron chi connectivity index (χ1n) is 6.89. The minimum Gasteiger partial charge on any atom is -0.465 e. The highest BCUT2D eigenvalue weighted by atomic mass is 35.5. The number of hydrogen-bond donors (Lipinski definition) is 2. The van der Waals surface area contributed by atoms with E-state index in [1.807, 2.05) is 12.1 Å². The van der Waals surface area contributed by atoms with Crippen molar-refractivity contribution < 1.29 is 14.3 Å². The minimum atomic E-state index is -0.336. The monoisotopic (exact) mass is 312 g/mol. The zero-order chi connectivity index (χ0) is 14.4. The van der Waals surface area contributed by atoms with Crippen molar-refractivity contribution in [1.82, 2.24) is 10.6 Å². The van der Waals surface area contributed by atoms with Crippen molar-refractivity contribution >= 4 is 24.3 Å². The predicted octanol–water partition coefficient (Wildman–Crippen LogP) is 1.31. The van der Waals surface area contributed by atoms with Crippen LogP contribution in [0.2, 0.25) is 0 Å². The van der Waals surface area contributed by atoms with Gasteiger partial charge in [0.1, 0.15) is 0 Å². The van der Waals surface area contributed by atoms with E-state index < -0.39 is 0 Å². The van der Waals surface area contributed by atoms with Gasteiger partial charge in [-0.1, -0.05) is 12.1 Å². The second kappa shape index (κ2) is 8.64. The first kappa shape index (κ1) is 17.5. The number of carbonyl (C=O) groups excluding carboxylic acids is 2. The highest BCUT2D eigenvalue weighted by Gasteiger charge is 2.21. The fraction of sp³-hybridized carbons (Fsp3) is 0.467. The number of carbonyl (C=O) groups is 2. The first-order valence-corrected chi connectivity index (χ1v) is 6.89. The van der Waals surface area contributed by atoms with Gasteiger partial charge in [0.05, 0.1) is 18.7 Å². The molecule has 1 amide bonds. The SMILES string of the molecule is COC(=O)c1ccc(CCNC(=O)C2CCCN2)cc1.Cl. The van der Waals surface area contributed by atoms with Crippen LogP contribution in [0, 0.1) is 0 Å². The molecule has 1 heterocycles. The molecule has 2 rings (SSSR count). The molecule has 0 bridgehead atoms. The predicted molar refractivity (Wildman–Crippen MR) is 82.8 cm³/mol. The van der Waals surface area contributed by atoms with E-state index in [1.54, 1.807) is 12.1 Å². The van der Waals surface area contributed by atoms with E-state index in [1.165, 1.54) is 7.11 Å². The summed E-state index contributed by atoms with van der Waals surface area (Å²) >= 11 is 0. The molecule has 0 aromatic heterocycles. The maximum Gasteiger partial charge on any atom is 0.337 e. The van der Waals surface area contributed by atoms with Crippen molar-refractivity contribution in [2.24, 2.45) is 0 Å². The van der Waals surface area contributed by atoms with Crippen LogP contribution in [0.5, 0.6) is 0 Å². The number of ether oxygens (including phenoxy) is 1. The van der Waals surface area contributed by atoms with E-state index in [0.717, 1.165) is 31.4 Å². The van der Waals surface area contributed by atoms with Gasteiger partial charge in [0.15, 0.2) is 0 Å². The first-order chi connectivity index (χ1) is 9.70. The second-order valence-electron chi connectivity index (χ2n) is 4.88. The van der Waals surface area contributed by atoms with Crippen molar-refractivity contribution in [2.75, 3.05) is 20.2 Å². The molecule has 1 unspecified atom stereocenters. The van der Waals surface area contributed by atoms with Crippen LogP contribution in [0.15, 0.2) is 24.3 Å². The normalized spacial score (nSPS) is 16.9. The summed E-state index contributed by atoms with van der Waals surface area (Å²) < 4.78 is 4.64. The smallest absolute Gasteiger partial charge is 0.337 e. The molecule has 1 aliphatic heterocycles. The van der Waals surface area contributed by atoms with Gasteiger partial charge in [0, 0.05) is 6.54 Å². The van der Waals surface area contributed by atoms with E-state index in [-0.39, 0.29) is 30.3 Å². The van der Waals surface area contributed by atoms with Gasteiger partial charge in [-0.15, -0.1) is 12.4 Å². The molecule has 116 valence electrons. The third-order valence-electron chi connectivity index (χ3n) is 3.46. The van der Waals surface area contributed by atoms with Gasteiger partial charge in [-0.25, -0.2) is 4.79 Å². The molecule has 1 aromatic carbocycles. The van der Waals surface area contributed by atoms with Crippen LogP contribution in [-0.4, -0.2) is 38.1 Å². The Morgan fingerprint density at radius 3 is 2.62 bits per heavy atom. The van der Waals surface area contributed by atoms with E-state index in [4.69, 9.17) is 0 Å². The maximum atomic E-state index is 11.8. The van der Waals surface area contributed by atoms with Gasteiger partial charge in [-0.2, -0.15) is 0 Å². The van der Waals surface area contributed by atoms with Crippen LogP contribution in [0.3, 0.4) is 0 Å². The molecular weight excluding hydrogens is 292 g/mol. The Morgan fingerprint density at radius 1 is 1.33 bits per heavy atom. The lowest BCUT2D eigenvalue weighted by molar-refractivity contribution is -0.122. The van der Waals surface area contributed by atoms with Gasteiger partial charge in [0.25, 0.3) is 0 Å². The Morgan fingerprint density at radius 2 is 2.05 bits per heavy atom. The molecule has 0 radical (unpaired) electrons. The number of amides is 1. The largest absolute Gasteiger partial charge is 0.465 e. The van der Waals surface area contributed by atoms with Crippen LogP contribution in [0.4, 0.5) is 0 Å². The average Bonchev–Trinajstić information content (AvgIpc) is 3.01. The molecule has 6 heteroatoms. The molecule has 0 saturated carbocycles. The molecule has 2 N–H and O–H groups in total. The van der Waals surface area contributed by atoms with Crippen LogP contribution in [0.1, 0.15) is 28.8 Å². The zero-order valence-electron chi connectivity index (χ0n) is 12.1. The fourth-order valence-corrected chi connectivity index (χ4v) is 2.29. The van der Waals surface area contributed by atoms with E-state index in [0.29, 0.717) is 12.1 Å². The summed E-state index contributed by atoms with van der Waals surface area (Å²) in [6, 6.07) is 7.21. The summed E-state index contributed by atoms with van der Waals surface area (Å²) in [4.78, 5) is 23.1. The highest BCUT2D eigenvalue weighted by molar-refractivity contribution is 5.89. The Kier molecular flexibility index (Phi) is 7.19. The van der Waals surface area contributed by atoms with Crippen molar-refractivity contribution in [3.8, 4) is 0 Å². The molecule has 1 saturated heterocycles. The van der Waals surface area contributed by atoms with Crippen LogP contribution < -0.4 is 10.6 Å². The van der Waals surface area contributed by atoms with Gasteiger partial charge in [-0.05, 0) is 43.5 Å². The van der Waals surface area contributed by atoms with Gasteiger partial charge in [-0.3, -0.25) is 4.79 Å². The van der Waals surface area contributed by atoms with Crippen molar-refractivity contribution in [3.63, 3.8) is 0 Å². The standard InChI is InChI=1S/C15H20N2O3.ClH/c1-20-15(19)12-6-4-11(5-7-12)8-10-17-14(18)13-3-2-9-16-13;/h4-7,13,16H,2-3,8-10H2,1H3,(H,17,18);1H. The quantitative estimate of drug-likeness (QED) is 0.804. The number of halogens is 1. The Balaban J connectivity index is 0.00000220. The Bertz CT molecular complexity index is 470. The highest BCUT2D eigenvalue weighted by Crippen LogP contribution is 2.07. The Labute approximate surface area is 130 Å². The summed E-state index contributed by atoms with van der Waals surface area (Å²) in [7, 11) is 1.36. The molecule has 5 nitrogen and oxygen atoms in total. The summed E-state index contributed by atoms with van der Waals surface area (Å²) in [5.41, 5.74) is 1.62. The average molecular weight is 313 g/mol. The number of hydrogen-bond acceptors (Lipinski definition) is 4. The van der Waals surface area contributed by atoms with Crippen molar-refractivity contribution in [2.45, 2.75) is 25.3 Å². The number of nitrogens with one attached hydrogen (secondary N) is 2. The molecule has 0 aliphatic carbocycles. The molecule has 1 atom stereocenters. The maximum absolute atomic E-state index is 11.8. The van der Waals surface area contributed by atoms with Crippen LogP contribution >= 0.6 is 12.4 Å². The van der Waals surface area contributed by atoms with Gasteiger partial charge < -0.3 is 15.4 Å². The third kappa shape index (κ3) is 5.02. The number of benzene rings is 1. The molecule has 1 aliphatic rings. The zero-order valence-corrected chi connectivity index (χ0v) is 12.9. The lowest BCUT2D eigenvalue weighted by atomic mass is 10.1. The molecule has 1 aromatic rings. The lowest BCUT2D eigenvalue weighted by Crippen LogP contribution is -2.41. The van der Waals surface area contributed by atoms with Gasteiger partial charge in [0.2, 0.25) is 5.91 Å². The van der Waals surface area contributed by atoms with Crippen molar-refractivity contribution in [3.05, 3.63) is 35.4 Å². The van der Waals surface area contributed by atoms with E-state index >= 15 is 0 Å². The Hall–Kier alpha value is -1.59. The summed E-state index contributed by atoms with van der Waals surface area (Å²) in [5.74, 6) is -0.258. The third-order valence-corrected chi connectivity index (χ3v) is 3.46. The molecular formula is C15H21ClN2O3. The van der Waals surface area contributed by atoms with Crippen molar-refractivity contribution in [1.29, 1.82) is 0 Å². The van der Waals surface area contributed by atoms with E-state index in [2.05, 4.69) is 15.4 Å². The molecule has 21 heavy (non-hydrogen) atoms. The van der Waals surface area contributed by atoms with Crippen LogP contribution in [-0.2, 0) is 16.0 Å². The molecule has 1 fully saturated rings. The number of esters is 1. The minimum absolute atomic E-state index is 0. The lowest BCUT2D eigenvalue weighted by Gasteiger charge is -2.11. The summed E-state index contributed by atoms with van der Waals surface area (Å²) in [5, 5.41) is 6.10. The summed E-state index contributed by atoms with van der Waals surface area (Å²) in [6.45, 7) is 1.53. The topological polar surface area (TPSA) is 67.4 Å². The summed E-state index contributed by atoms with van der Waals surface area (Å²) in [6.07, 6.45) is 2.73. The number of rotatable bonds is 5. The van der Waals surface area contributed by atoms with Crippen LogP contribution in [0.25, 0.3) is 0 Å². The fourth-order valence-electron chi connectivity index (χ4n) is 2.29. The van der Waals surface area contributed by atoms with Gasteiger partial charge >= 0.3 is 5.97 Å². The van der Waals surface area contributed by atoms with E-state index in [9.17, 15) is 9.59 Å².